The van der Waals surface area contributed by atoms with Crippen molar-refractivity contribution in [1.82, 2.24) is 14.8 Å². The Morgan fingerprint density at radius 1 is 1.37 bits per heavy atom. The lowest BCUT2D eigenvalue weighted by Gasteiger charge is -2.09. The molecule has 0 spiro atoms. The zero-order valence-electron chi connectivity index (χ0n) is 10.1. The number of benzene rings is 1. The van der Waals surface area contributed by atoms with Crippen LogP contribution in [0, 0.1) is 0 Å². The molecule has 0 aliphatic carbocycles. The Hall–Kier alpha value is -2.22. The second-order valence-corrected chi connectivity index (χ2v) is 5.89. The minimum Gasteiger partial charge on any atom is -0.323 e. The van der Waals surface area contributed by atoms with E-state index in [4.69, 9.17) is 0 Å². The lowest BCUT2D eigenvalue weighted by molar-refractivity contribution is -0.116. The molecule has 0 saturated heterocycles. The van der Waals surface area contributed by atoms with Crippen LogP contribution in [0.5, 0.6) is 0 Å². The van der Waals surface area contributed by atoms with Crippen molar-refractivity contribution in [3.8, 4) is 0 Å². The van der Waals surface area contributed by atoms with Crippen LogP contribution in [-0.4, -0.2) is 35.3 Å². The molecule has 0 saturated carbocycles. The summed E-state index contributed by atoms with van der Waals surface area (Å²) in [5, 5.41) is 6.34. The molecule has 2 rings (SSSR count). The normalized spacial score (nSPS) is 11.2. The first-order valence-electron chi connectivity index (χ1n) is 5.38. The van der Waals surface area contributed by atoms with Crippen LogP contribution >= 0.6 is 0 Å². The summed E-state index contributed by atoms with van der Waals surface area (Å²) in [6, 6.07) is 6.24. The lowest BCUT2D eigenvalue weighted by Crippen LogP contribution is -2.20. The Morgan fingerprint density at radius 3 is 2.74 bits per heavy atom. The molecule has 1 aromatic heterocycles. The van der Waals surface area contributed by atoms with Gasteiger partial charge in [-0.1, -0.05) is 12.1 Å². The van der Waals surface area contributed by atoms with Crippen LogP contribution in [0.3, 0.4) is 0 Å². The van der Waals surface area contributed by atoms with E-state index < -0.39 is 9.84 Å². The fourth-order valence-electron chi connectivity index (χ4n) is 1.54. The van der Waals surface area contributed by atoms with Gasteiger partial charge in [-0.3, -0.25) is 4.79 Å². The van der Waals surface area contributed by atoms with Crippen molar-refractivity contribution >= 4 is 21.4 Å². The first kappa shape index (κ1) is 13.2. The summed E-state index contributed by atoms with van der Waals surface area (Å²) in [4.78, 5) is 15.6. The van der Waals surface area contributed by atoms with Crippen LogP contribution in [0.25, 0.3) is 0 Å². The molecule has 1 amide bonds. The van der Waals surface area contributed by atoms with Crippen LogP contribution in [0.15, 0.2) is 41.8 Å². The van der Waals surface area contributed by atoms with Crippen molar-refractivity contribution in [3.63, 3.8) is 0 Å². The summed E-state index contributed by atoms with van der Waals surface area (Å²) >= 11 is 0. The third-order valence-electron chi connectivity index (χ3n) is 2.33. The van der Waals surface area contributed by atoms with Crippen molar-refractivity contribution in [2.75, 3.05) is 11.6 Å². The van der Waals surface area contributed by atoms with E-state index in [2.05, 4.69) is 15.4 Å². The Balaban J connectivity index is 2.18. The highest BCUT2D eigenvalue weighted by atomic mass is 32.2. The van der Waals surface area contributed by atoms with E-state index in [0.29, 0.717) is 0 Å². The molecule has 0 unspecified atom stereocenters. The molecule has 8 heteroatoms. The van der Waals surface area contributed by atoms with Crippen LogP contribution in [0.2, 0.25) is 0 Å². The van der Waals surface area contributed by atoms with Gasteiger partial charge in [0, 0.05) is 6.26 Å². The minimum absolute atomic E-state index is 0.0297. The van der Waals surface area contributed by atoms with E-state index in [1.165, 1.54) is 29.5 Å². The number of sulfone groups is 1. The Morgan fingerprint density at radius 2 is 2.11 bits per heavy atom. The fraction of sp³-hybridized carbons (Fsp3) is 0.182. The van der Waals surface area contributed by atoms with Gasteiger partial charge < -0.3 is 5.32 Å². The smallest absolute Gasteiger partial charge is 0.246 e. The molecular formula is C11H12N4O3S. The van der Waals surface area contributed by atoms with Gasteiger partial charge in [0.05, 0.1) is 10.6 Å². The second kappa shape index (κ2) is 5.19. The van der Waals surface area contributed by atoms with Crippen LogP contribution in [-0.2, 0) is 21.2 Å². The van der Waals surface area contributed by atoms with E-state index in [0.717, 1.165) is 6.26 Å². The van der Waals surface area contributed by atoms with E-state index in [-0.39, 0.29) is 23.0 Å². The van der Waals surface area contributed by atoms with Crippen LogP contribution < -0.4 is 5.32 Å². The van der Waals surface area contributed by atoms with Crippen molar-refractivity contribution in [1.29, 1.82) is 0 Å². The number of carbonyl (C=O) groups excluding carboxylic acids is 1. The van der Waals surface area contributed by atoms with Gasteiger partial charge in [0.1, 0.15) is 19.2 Å². The largest absolute Gasteiger partial charge is 0.323 e. The maximum atomic E-state index is 11.8. The number of anilines is 1. The molecule has 2 aromatic rings. The third kappa shape index (κ3) is 3.38. The maximum Gasteiger partial charge on any atom is 0.246 e. The Labute approximate surface area is 110 Å². The molecule has 0 aliphatic heterocycles. The molecule has 100 valence electrons. The molecule has 0 bridgehead atoms. The monoisotopic (exact) mass is 280 g/mol. The number of aromatic nitrogens is 3. The molecule has 1 heterocycles. The van der Waals surface area contributed by atoms with Gasteiger partial charge >= 0.3 is 0 Å². The third-order valence-corrected chi connectivity index (χ3v) is 3.49. The zero-order valence-corrected chi connectivity index (χ0v) is 11.0. The van der Waals surface area contributed by atoms with E-state index in [1.807, 2.05) is 0 Å². The van der Waals surface area contributed by atoms with E-state index in [1.54, 1.807) is 12.1 Å². The SMILES string of the molecule is CS(=O)(=O)c1ccccc1NC(=O)Cn1cncn1. The van der Waals surface area contributed by atoms with Gasteiger partial charge in [-0.25, -0.2) is 18.1 Å². The standard InChI is InChI=1S/C11H12N4O3S/c1-19(17,18)10-5-3-2-4-9(10)14-11(16)6-15-8-12-7-13-15/h2-5,7-8H,6H2,1H3,(H,14,16). The van der Waals surface area contributed by atoms with Crippen LogP contribution in [0.1, 0.15) is 0 Å². The highest BCUT2D eigenvalue weighted by molar-refractivity contribution is 7.90. The molecule has 19 heavy (non-hydrogen) atoms. The predicted molar refractivity (Wildman–Crippen MR) is 68.2 cm³/mol. The minimum atomic E-state index is -3.39. The van der Waals surface area contributed by atoms with Gasteiger partial charge in [0.2, 0.25) is 5.91 Å². The fourth-order valence-corrected chi connectivity index (χ4v) is 2.39. The molecule has 0 radical (unpaired) electrons. The predicted octanol–water partition coefficient (Wildman–Crippen LogP) is 0.320. The first-order valence-corrected chi connectivity index (χ1v) is 7.27. The number of rotatable bonds is 4. The van der Waals surface area contributed by atoms with Gasteiger partial charge in [-0.2, -0.15) is 5.10 Å². The molecule has 0 atom stereocenters. The number of carbonyl (C=O) groups is 1. The number of nitrogens with zero attached hydrogens (tertiary/aromatic N) is 3. The lowest BCUT2D eigenvalue weighted by atomic mass is 10.3. The molecule has 1 N–H and O–H groups in total. The zero-order chi connectivity index (χ0) is 13.9. The maximum absolute atomic E-state index is 11.8. The van der Waals surface area contributed by atoms with Crippen molar-refractivity contribution in [3.05, 3.63) is 36.9 Å². The highest BCUT2D eigenvalue weighted by Crippen LogP contribution is 2.20. The molecule has 1 aromatic carbocycles. The molecular weight excluding hydrogens is 268 g/mol. The topological polar surface area (TPSA) is 94.0 Å². The summed E-state index contributed by atoms with van der Waals surface area (Å²) in [6.45, 7) is -0.0297. The average Bonchev–Trinajstić information content (AvgIpc) is 2.81. The van der Waals surface area contributed by atoms with Gasteiger partial charge in [0.15, 0.2) is 9.84 Å². The van der Waals surface area contributed by atoms with Crippen molar-refractivity contribution in [2.45, 2.75) is 11.4 Å². The van der Waals surface area contributed by atoms with Crippen LogP contribution in [0.4, 0.5) is 5.69 Å². The summed E-state index contributed by atoms with van der Waals surface area (Å²) in [5.74, 6) is -0.374. The number of hydrogen-bond acceptors (Lipinski definition) is 5. The Bertz CT molecular complexity index is 680. The van der Waals surface area contributed by atoms with E-state index >= 15 is 0 Å². The summed E-state index contributed by atoms with van der Waals surface area (Å²) < 4.78 is 24.5. The Kier molecular flexibility index (Phi) is 3.61. The molecule has 0 fully saturated rings. The number of amides is 1. The summed E-state index contributed by atoms with van der Waals surface area (Å²) in [5.41, 5.74) is 0.259. The first-order chi connectivity index (χ1) is 8.97. The number of nitrogens with one attached hydrogen (secondary N) is 1. The molecule has 7 nitrogen and oxygen atoms in total. The number of para-hydroxylation sites is 1. The summed E-state index contributed by atoms with van der Waals surface area (Å²) in [7, 11) is -3.39. The summed E-state index contributed by atoms with van der Waals surface area (Å²) in [6.07, 6.45) is 3.81. The van der Waals surface area contributed by atoms with Gasteiger partial charge in [-0.05, 0) is 12.1 Å². The van der Waals surface area contributed by atoms with Crippen molar-refractivity contribution < 1.29 is 13.2 Å². The van der Waals surface area contributed by atoms with Gasteiger partial charge in [0.25, 0.3) is 0 Å². The highest BCUT2D eigenvalue weighted by Gasteiger charge is 2.14. The molecule has 0 aliphatic rings. The van der Waals surface area contributed by atoms with Crippen molar-refractivity contribution in [2.24, 2.45) is 0 Å². The average molecular weight is 280 g/mol. The number of hydrogen-bond donors (Lipinski definition) is 1. The van der Waals surface area contributed by atoms with Gasteiger partial charge in [-0.15, -0.1) is 0 Å². The van der Waals surface area contributed by atoms with E-state index in [9.17, 15) is 13.2 Å². The quantitative estimate of drug-likeness (QED) is 0.870. The second-order valence-electron chi connectivity index (χ2n) is 3.91.